The van der Waals surface area contributed by atoms with Crippen LogP contribution in [0.5, 0.6) is 0 Å². The number of rotatable bonds is 11. The Bertz CT molecular complexity index is 2030. The highest BCUT2D eigenvalue weighted by molar-refractivity contribution is 5.97. The Labute approximate surface area is 345 Å². The molecule has 16 nitrogen and oxygen atoms in total. The molecule has 3 heterocycles. The maximum absolute atomic E-state index is 13.9. The first kappa shape index (κ1) is 42.5. The molecule has 1 saturated carbocycles. The molecule has 4 N–H and O–H groups in total. The zero-order chi connectivity index (χ0) is 42.2. The number of carbonyl (C=O) groups excluding carboxylic acids is 4. The van der Waals surface area contributed by atoms with E-state index in [4.69, 9.17) is 9.47 Å². The van der Waals surface area contributed by atoms with Crippen molar-refractivity contribution < 1.29 is 28.7 Å². The van der Waals surface area contributed by atoms with Crippen LogP contribution in [0.3, 0.4) is 0 Å². The molecule has 0 spiro atoms. The van der Waals surface area contributed by atoms with Gasteiger partial charge in [0.1, 0.15) is 23.1 Å². The number of carbonyl (C=O) groups is 4. The van der Waals surface area contributed by atoms with Gasteiger partial charge in [0.2, 0.25) is 17.6 Å². The SMILES string of the molecule is CC(C)(C)OC(=O)NCC1CCC(C(=O)NC(Cc2ccc(-c3ccnc(N4CCN(C(=O)OC(C)(C)C)CC4)c3)cc2)C(=O)Nc2ccc(-c3nn[nH]n3)cc2)CC1. The maximum atomic E-state index is 13.9. The van der Waals surface area contributed by atoms with Crippen LogP contribution in [0.25, 0.3) is 22.5 Å². The Morgan fingerprint density at radius 2 is 1.47 bits per heavy atom. The lowest BCUT2D eigenvalue weighted by atomic mass is 9.81. The minimum Gasteiger partial charge on any atom is -0.444 e. The first-order valence-corrected chi connectivity index (χ1v) is 20.3. The lowest BCUT2D eigenvalue weighted by Crippen LogP contribution is -2.50. The number of pyridine rings is 1. The van der Waals surface area contributed by atoms with Crippen molar-refractivity contribution in [2.45, 2.75) is 90.9 Å². The number of nitrogens with one attached hydrogen (secondary N) is 4. The first-order chi connectivity index (χ1) is 28.1. The van der Waals surface area contributed by atoms with Gasteiger partial charge in [0, 0.05) is 62.5 Å². The quantitative estimate of drug-likeness (QED) is 0.139. The molecule has 1 aliphatic carbocycles. The molecule has 1 saturated heterocycles. The summed E-state index contributed by atoms with van der Waals surface area (Å²) >= 11 is 0. The van der Waals surface area contributed by atoms with Gasteiger partial charge in [-0.2, -0.15) is 5.21 Å². The molecule has 4 aromatic rings. The fourth-order valence-corrected chi connectivity index (χ4v) is 7.17. The summed E-state index contributed by atoms with van der Waals surface area (Å²) in [6.07, 6.45) is 4.17. The maximum Gasteiger partial charge on any atom is 0.410 e. The molecule has 16 heteroatoms. The predicted molar refractivity (Wildman–Crippen MR) is 223 cm³/mol. The molecule has 1 atom stereocenters. The number of benzene rings is 2. The summed E-state index contributed by atoms with van der Waals surface area (Å²) in [5, 5.41) is 23.0. The van der Waals surface area contributed by atoms with Crippen LogP contribution in [0, 0.1) is 11.8 Å². The summed E-state index contributed by atoms with van der Waals surface area (Å²) in [5.41, 5.74) is 3.03. The number of amides is 4. The van der Waals surface area contributed by atoms with Gasteiger partial charge in [-0.1, -0.05) is 24.3 Å². The average molecular weight is 809 g/mol. The summed E-state index contributed by atoms with van der Waals surface area (Å²) in [6.45, 7) is 13.9. The van der Waals surface area contributed by atoms with Gasteiger partial charge >= 0.3 is 12.2 Å². The Morgan fingerprint density at radius 1 is 0.814 bits per heavy atom. The topological polar surface area (TPSA) is 197 Å². The smallest absolute Gasteiger partial charge is 0.410 e. The molecule has 2 fully saturated rings. The second-order valence-corrected chi connectivity index (χ2v) is 17.2. The molecule has 59 heavy (non-hydrogen) atoms. The van der Waals surface area contributed by atoms with E-state index in [2.05, 4.69) is 46.5 Å². The summed E-state index contributed by atoms with van der Waals surface area (Å²) in [7, 11) is 0. The van der Waals surface area contributed by atoms with Gasteiger partial charge in [-0.25, -0.2) is 14.6 Å². The zero-order valence-corrected chi connectivity index (χ0v) is 34.8. The summed E-state index contributed by atoms with van der Waals surface area (Å²) in [4.78, 5) is 60.9. The molecule has 314 valence electrons. The fraction of sp³-hybridized carbons (Fsp3) is 0.488. The number of alkyl carbamates (subject to hydrolysis) is 1. The summed E-state index contributed by atoms with van der Waals surface area (Å²) in [6, 6.07) is 18.2. The van der Waals surface area contributed by atoms with Crippen molar-refractivity contribution in [1.29, 1.82) is 0 Å². The third kappa shape index (κ3) is 12.5. The number of hydrogen-bond donors (Lipinski definition) is 4. The van der Waals surface area contributed by atoms with E-state index in [-0.39, 0.29) is 36.2 Å². The molecule has 1 aliphatic heterocycles. The third-order valence-corrected chi connectivity index (χ3v) is 10.3. The van der Waals surface area contributed by atoms with E-state index in [1.54, 1.807) is 35.4 Å². The summed E-state index contributed by atoms with van der Waals surface area (Å²) in [5.74, 6) is 0.757. The molecular formula is C43H56N10O6. The molecule has 1 unspecified atom stereocenters. The fourth-order valence-electron chi connectivity index (χ4n) is 7.17. The van der Waals surface area contributed by atoms with Crippen molar-refractivity contribution in [1.82, 2.24) is 41.1 Å². The second-order valence-electron chi connectivity index (χ2n) is 17.2. The van der Waals surface area contributed by atoms with Crippen molar-refractivity contribution in [3.8, 4) is 22.5 Å². The molecular weight excluding hydrogens is 753 g/mol. The largest absolute Gasteiger partial charge is 0.444 e. The van der Waals surface area contributed by atoms with E-state index < -0.39 is 23.3 Å². The monoisotopic (exact) mass is 808 g/mol. The van der Waals surface area contributed by atoms with Crippen LogP contribution in [0.1, 0.15) is 72.8 Å². The van der Waals surface area contributed by atoms with Crippen molar-refractivity contribution in [2.75, 3.05) is 42.9 Å². The lowest BCUT2D eigenvalue weighted by molar-refractivity contribution is -0.130. The summed E-state index contributed by atoms with van der Waals surface area (Å²) < 4.78 is 10.9. The number of aromatic amines is 1. The van der Waals surface area contributed by atoms with E-state index in [0.717, 1.165) is 40.9 Å². The Morgan fingerprint density at radius 3 is 2.10 bits per heavy atom. The number of ether oxygens (including phenoxy) is 2. The van der Waals surface area contributed by atoms with Crippen LogP contribution in [0.2, 0.25) is 0 Å². The number of hydrogen-bond acceptors (Lipinski definition) is 11. The van der Waals surface area contributed by atoms with Gasteiger partial charge in [0.15, 0.2) is 0 Å². The van der Waals surface area contributed by atoms with Gasteiger partial charge in [0.25, 0.3) is 0 Å². The predicted octanol–water partition coefficient (Wildman–Crippen LogP) is 5.98. The lowest BCUT2D eigenvalue weighted by Gasteiger charge is -2.36. The average Bonchev–Trinajstić information content (AvgIpc) is 3.75. The highest BCUT2D eigenvalue weighted by atomic mass is 16.6. The molecule has 2 aromatic heterocycles. The number of nitrogens with zero attached hydrogens (tertiary/aromatic N) is 6. The van der Waals surface area contributed by atoms with E-state index in [1.807, 2.05) is 77.9 Å². The standard InChI is InChI=1S/C43H56N10O6/c1-42(2,3)58-40(56)45-27-29-9-13-32(14-10-29)38(54)47-35(39(55)46-34-17-15-31(16-18-34)37-48-50-51-49-37)25-28-7-11-30(12-8-28)33-19-20-44-36(26-33)52-21-23-53(24-22-52)41(57)59-43(4,5)6/h7-8,11-12,15-20,26,29,32,35H,9-10,13-14,21-25,27H2,1-6H3,(H,45,56)(H,46,55)(H,47,54)(H,48,49,50,51). The highest BCUT2D eigenvalue weighted by Crippen LogP contribution is 2.30. The minimum absolute atomic E-state index is 0.163. The van der Waals surface area contributed by atoms with Gasteiger partial charge < -0.3 is 35.2 Å². The van der Waals surface area contributed by atoms with Gasteiger partial charge in [0.05, 0.1) is 0 Å². The van der Waals surface area contributed by atoms with Crippen molar-refractivity contribution >= 4 is 35.5 Å². The third-order valence-electron chi connectivity index (χ3n) is 10.3. The van der Waals surface area contributed by atoms with Gasteiger partial charge in [-0.15, -0.1) is 10.2 Å². The van der Waals surface area contributed by atoms with Crippen molar-refractivity contribution in [3.05, 3.63) is 72.4 Å². The molecule has 0 radical (unpaired) electrons. The number of tetrazole rings is 1. The Hall–Kier alpha value is -6.06. The number of aromatic nitrogens is 5. The van der Waals surface area contributed by atoms with E-state index in [9.17, 15) is 19.2 Å². The van der Waals surface area contributed by atoms with E-state index >= 15 is 0 Å². The van der Waals surface area contributed by atoms with Crippen molar-refractivity contribution in [3.63, 3.8) is 0 Å². The Kier molecular flexibility index (Phi) is 13.5. The number of piperazine rings is 1. The van der Waals surface area contributed by atoms with Crippen LogP contribution in [-0.2, 0) is 25.5 Å². The van der Waals surface area contributed by atoms with Gasteiger partial charge in [-0.05, 0) is 131 Å². The minimum atomic E-state index is -0.844. The first-order valence-electron chi connectivity index (χ1n) is 20.3. The number of anilines is 2. The molecule has 2 aromatic carbocycles. The highest BCUT2D eigenvalue weighted by Gasteiger charge is 2.31. The van der Waals surface area contributed by atoms with E-state index in [1.165, 1.54) is 0 Å². The Balaban J connectivity index is 1.09. The van der Waals surface area contributed by atoms with Crippen LogP contribution >= 0.6 is 0 Å². The second kappa shape index (κ2) is 18.7. The normalized spacial score (nSPS) is 17.7. The van der Waals surface area contributed by atoms with Crippen LogP contribution in [0.4, 0.5) is 21.1 Å². The molecule has 4 amide bonds. The van der Waals surface area contributed by atoms with Crippen molar-refractivity contribution in [2.24, 2.45) is 11.8 Å². The molecule has 0 bridgehead atoms. The molecule has 6 rings (SSSR count). The molecule has 2 aliphatic rings. The van der Waals surface area contributed by atoms with Crippen LogP contribution in [-0.4, -0.2) is 104 Å². The van der Waals surface area contributed by atoms with Crippen LogP contribution in [0.15, 0.2) is 66.9 Å². The van der Waals surface area contributed by atoms with E-state index in [0.29, 0.717) is 57.1 Å². The zero-order valence-electron chi connectivity index (χ0n) is 34.8. The van der Waals surface area contributed by atoms with Crippen LogP contribution < -0.4 is 20.9 Å². The van der Waals surface area contributed by atoms with Gasteiger partial charge in [-0.3, -0.25) is 9.59 Å². The number of H-pyrrole nitrogens is 1.